The Hall–Kier alpha value is -1.76. The van der Waals surface area contributed by atoms with Crippen LogP contribution in [0.15, 0.2) is 0 Å². The first-order valence-corrected chi connectivity index (χ1v) is 7.62. The van der Waals surface area contributed by atoms with Crippen molar-refractivity contribution in [3.63, 3.8) is 0 Å². The maximum Gasteiger partial charge on any atom is 0.224 e. The summed E-state index contributed by atoms with van der Waals surface area (Å²) >= 11 is 0. The molecule has 2 aliphatic rings. The Bertz CT molecular complexity index is 520. The number of hydrogen-bond acceptors (Lipinski definition) is 7. The minimum atomic E-state index is 0.180. The lowest BCUT2D eigenvalue weighted by atomic mass is 10.0. The summed E-state index contributed by atoms with van der Waals surface area (Å²) in [6.07, 6.45) is 1.90. The van der Waals surface area contributed by atoms with E-state index in [4.69, 9.17) is 16.2 Å². The molecule has 0 radical (unpaired) electrons. The largest absolute Gasteiger partial charge is 0.486 e. The molecule has 0 aromatic carbocycles. The Kier molecular flexibility index (Phi) is 3.75. The van der Waals surface area contributed by atoms with Gasteiger partial charge in [0.05, 0.1) is 6.61 Å². The number of rotatable bonds is 2. The first-order chi connectivity index (χ1) is 10.0. The van der Waals surface area contributed by atoms with Crippen molar-refractivity contribution in [3.05, 3.63) is 0 Å². The van der Waals surface area contributed by atoms with Gasteiger partial charge in [-0.3, -0.25) is 0 Å². The lowest BCUT2D eigenvalue weighted by molar-refractivity contribution is 0.300. The SMILES string of the molecule is CC(C)[C@@H]1CCOc2c(nc(N)nc2N2CC[C@@H](N)C2)N1. The van der Waals surface area contributed by atoms with Crippen LogP contribution in [0.3, 0.4) is 0 Å². The van der Waals surface area contributed by atoms with Gasteiger partial charge in [0.1, 0.15) is 0 Å². The van der Waals surface area contributed by atoms with Crippen molar-refractivity contribution in [2.45, 2.75) is 38.8 Å². The van der Waals surface area contributed by atoms with Gasteiger partial charge in [0.25, 0.3) is 0 Å². The second-order valence-corrected chi connectivity index (χ2v) is 6.21. The van der Waals surface area contributed by atoms with Crippen LogP contribution in [0.1, 0.15) is 26.7 Å². The van der Waals surface area contributed by atoms with Crippen LogP contribution in [-0.2, 0) is 0 Å². The highest BCUT2D eigenvalue weighted by Crippen LogP contribution is 2.37. The standard InChI is InChI=1S/C14H24N6O/c1-8(2)10-4-6-21-11-12(17-10)18-14(16)19-13(11)20-5-3-9(15)7-20/h8-10H,3-7,15H2,1-2H3,(H3,16,17,18,19)/t9-,10+/m1/s1. The van der Waals surface area contributed by atoms with Gasteiger partial charge in [-0.15, -0.1) is 0 Å². The van der Waals surface area contributed by atoms with Crippen molar-refractivity contribution in [2.24, 2.45) is 11.7 Å². The molecule has 21 heavy (non-hydrogen) atoms. The fourth-order valence-electron chi connectivity index (χ4n) is 2.92. The lowest BCUT2D eigenvalue weighted by Gasteiger charge is -2.22. The molecule has 0 unspecified atom stereocenters. The predicted molar refractivity (Wildman–Crippen MR) is 83.6 cm³/mol. The van der Waals surface area contributed by atoms with Crippen LogP contribution in [0, 0.1) is 5.92 Å². The Morgan fingerprint density at radius 2 is 2.14 bits per heavy atom. The van der Waals surface area contributed by atoms with Gasteiger partial charge < -0.3 is 26.4 Å². The number of nitrogens with one attached hydrogen (secondary N) is 1. The fourth-order valence-corrected chi connectivity index (χ4v) is 2.92. The average molecular weight is 292 g/mol. The summed E-state index contributed by atoms with van der Waals surface area (Å²) < 4.78 is 5.94. The van der Waals surface area contributed by atoms with Crippen molar-refractivity contribution in [1.82, 2.24) is 9.97 Å². The summed E-state index contributed by atoms with van der Waals surface area (Å²) in [5, 5.41) is 3.46. The van der Waals surface area contributed by atoms with E-state index in [1.165, 1.54) is 0 Å². The van der Waals surface area contributed by atoms with E-state index in [-0.39, 0.29) is 12.0 Å². The van der Waals surface area contributed by atoms with E-state index in [1.807, 2.05) is 0 Å². The van der Waals surface area contributed by atoms with Gasteiger partial charge in [0.15, 0.2) is 11.6 Å². The second-order valence-electron chi connectivity index (χ2n) is 6.21. The zero-order valence-electron chi connectivity index (χ0n) is 12.7. The van der Waals surface area contributed by atoms with Crippen LogP contribution >= 0.6 is 0 Å². The number of aromatic nitrogens is 2. The average Bonchev–Trinajstić information content (AvgIpc) is 2.73. The van der Waals surface area contributed by atoms with Crippen LogP contribution in [0.2, 0.25) is 0 Å². The van der Waals surface area contributed by atoms with Gasteiger partial charge in [0.2, 0.25) is 11.7 Å². The molecule has 116 valence electrons. The molecule has 1 aromatic rings. The molecule has 0 saturated carbocycles. The Labute approximate surface area is 125 Å². The smallest absolute Gasteiger partial charge is 0.224 e. The van der Waals surface area contributed by atoms with Crippen molar-refractivity contribution in [2.75, 3.05) is 35.6 Å². The third kappa shape index (κ3) is 2.83. The zero-order valence-corrected chi connectivity index (χ0v) is 12.7. The highest BCUT2D eigenvalue weighted by atomic mass is 16.5. The van der Waals surface area contributed by atoms with Crippen LogP contribution < -0.4 is 26.4 Å². The monoisotopic (exact) mass is 292 g/mol. The van der Waals surface area contributed by atoms with Crippen LogP contribution in [0.25, 0.3) is 0 Å². The summed E-state index contributed by atoms with van der Waals surface area (Å²) in [5.41, 5.74) is 11.9. The number of fused-ring (bicyclic) bond motifs is 1. The van der Waals surface area contributed by atoms with Gasteiger partial charge >= 0.3 is 0 Å². The molecule has 0 aliphatic carbocycles. The van der Waals surface area contributed by atoms with E-state index in [2.05, 4.69) is 34.0 Å². The number of nitrogens with zero attached hydrogens (tertiary/aromatic N) is 3. The van der Waals surface area contributed by atoms with E-state index in [0.717, 1.165) is 31.7 Å². The maximum atomic E-state index is 6.00. The Balaban J connectivity index is 1.96. The summed E-state index contributed by atoms with van der Waals surface area (Å²) in [7, 11) is 0. The molecule has 7 heteroatoms. The van der Waals surface area contributed by atoms with Crippen molar-refractivity contribution in [1.29, 1.82) is 0 Å². The van der Waals surface area contributed by atoms with Gasteiger partial charge in [0, 0.05) is 31.6 Å². The second kappa shape index (κ2) is 5.55. The summed E-state index contributed by atoms with van der Waals surface area (Å²) in [4.78, 5) is 10.9. The highest BCUT2D eigenvalue weighted by molar-refractivity contribution is 5.68. The van der Waals surface area contributed by atoms with Gasteiger partial charge in [-0.1, -0.05) is 13.8 Å². The molecule has 2 atom stereocenters. The minimum absolute atomic E-state index is 0.180. The zero-order chi connectivity index (χ0) is 15.0. The van der Waals surface area contributed by atoms with Crippen molar-refractivity contribution >= 4 is 17.6 Å². The molecule has 3 rings (SSSR count). The molecule has 0 amide bonds. The number of ether oxygens (including phenoxy) is 1. The fraction of sp³-hybridized carbons (Fsp3) is 0.714. The molecular formula is C14H24N6O. The van der Waals surface area contributed by atoms with E-state index in [1.54, 1.807) is 0 Å². The third-order valence-electron chi connectivity index (χ3n) is 4.19. The Morgan fingerprint density at radius 1 is 1.33 bits per heavy atom. The highest BCUT2D eigenvalue weighted by Gasteiger charge is 2.29. The normalized spacial score (nSPS) is 25.2. The third-order valence-corrected chi connectivity index (χ3v) is 4.19. The number of anilines is 3. The molecular weight excluding hydrogens is 268 g/mol. The van der Waals surface area contributed by atoms with E-state index in [9.17, 15) is 0 Å². The van der Waals surface area contributed by atoms with E-state index >= 15 is 0 Å². The summed E-state index contributed by atoms with van der Waals surface area (Å²) in [5.74, 6) is 2.95. The molecule has 1 fully saturated rings. The molecule has 1 saturated heterocycles. The molecule has 0 bridgehead atoms. The first-order valence-electron chi connectivity index (χ1n) is 7.62. The summed E-state index contributed by atoms with van der Waals surface area (Å²) in [6, 6.07) is 0.508. The molecule has 0 spiro atoms. The van der Waals surface area contributed by atoms with Gasteiger partial charge in [-0.05, 0) is 12.3 Å². The van der Waals surface area contributed by atoms with Crippen LogP contribution in [-0.4, -0.2) is 41.7 Å². The maximum absolute atomic E-state index is 6.00. The predicted octanol–water partition coefficient (Wildman–Crippen LogP) is 0.815. The minimum Gasteiger partial charge on any atom is -0.486 e. The van der Waals surface area contributed by atoms with Crippen LogP contribution in [0.4, 0.5) is 17.6 Å². The quantitative estimate of drug-likeness (QED) is 0.741. The molecule has 2 aliphatic heterocycles. The molecule has 7 nitrogen and oxygen atoms in total. The first kappa shape index (κ1) is 14.2. The number of nitrogen functional groups attached to an aromatic ring is 1. The van der Waals surface area contributed by atoms with Gasteiger partial charge in [-0.25, -0.2) is 0 Å². The van der Waals surface area contributed by atoms with Crippen molar-refractivity contribution < 1.29 is 4.74 Å². The number of hydrogen-bond donors (Lipinski definition) is 3. The van der Waals surface area contributed by atoms with E-state index < -0.39 is 0 Å². The van der Waals surface area contributed by atoms with Crippen LogP contribution in [0.5, 0.6) is 5.75 Å². The van der Waals surface area contributed by atoms with E-state index in [0.29, 0.717) is 30.1 Å². The lowest BCUT2D eigenvalue weighted by Crippen LogP contribution is -2.28. The number of nitrogens with two attached hydrogens (primary N) is 2. The molecule has 3 heterocycles. The Morgan fingerprint density at radius 3 is 2.81 bits per heavy atom. The van der Waals surface area contributed by atoms with Crippen molar-refractivity contribution in [3.8, 4) is 5.75 Å². The van der Waals surface area contributed by atoms with Gasteiger partial charge in [-0.2, -0.15) is 9.97 Å². The summed E-state index contributed by atoms with van der Waals surface area (Å²) in [6.45, 7) is 6.69. The molecule has 5 N–H and O–H groups in total. The molecule has 1 aromatic heterocycles. The topological polar surface area (TPSA) is 102 Å².